The van der Waals surface area contributed by atoms with E-state index in [0.29, 0.717) is 0 Å². The van der Waals surface area contributed by atoms with Gasteiger partial charge in [-0.1, -0.05) is 12.8 Å². The number of fused-ring (bicyclic) bond motifs is 1. The molecule has 0 radical (unpaired) electrons. The van der Waals surface area contributed by atoms with Crippen molar-refractivity contribution in [3.63, 3.8) is 0 Å². The molecule has 0 spiro atoms. The molecule has 1 unspecified atom stereocenters. The van der Waals surface area contributed by atoms with Gasteiger partial charge in [-0.05, 0) is 18.8 Å². The standard InChI is InChI=1S/C9H11.Ti/c1-2-5-9-7-3-6-8(9)4-1;/h1-2,8H,3-4,6-7H2;/q-1;. The third-order valence-corrected chi connectivity index (χ3v) is 2.30. The Morgan fingerprint density at radius 3 is 3.20 bits per heavy atom. The Hall–Kier alpha value is 0.194. The molecule has 1 heteroatoms. The molecule has 0 aromatic rings. The molecule has 0 bridgehead atoms. The van der Waals surface area contributed by atoms with Crippen LogP contribution in [0, 0.1) is 12.0 Å². The Morgan fingerprint density at radius 2 is 2.40 bits per heavy atom. The van der Waals surface area contributed by atoms with Crippen LogP contribution in [0.25, 0.3) is 0 Å². The number of allylic oxidation sites excluding steroid dienone is 4. The van der Waals surface area contributed by atoms with E-state index in [9.17, 15) is 0 Å². The molecule has 1 saturated carbocycles. The van der Waals surface area contributed by atoms with Crippen molar-refractivity contribution >= 4 is 0 Å². The SMILES string of the molecule is [C-]1=C2CCCC2CC=C1.[Ti]. The molecule has 1 fully saturated rings. The summed E-state index contributed by atoms with van der Waals surface area (Å²) in [6.07, 6.45) is 13.0. The van der Waals surface area contributed by atoms with Crippen LogP contribution in [-0.4, -0.2) is 0 Å². The molecule has 0 N–H and O–H groups in total. The van der Waals surface area contributed by atoms with Gasteiger partial charge in [-0.2, -0.15) is 5.57 Å². The van der Waals surface area contributed by atoms with Crippen molar-refractivity contribution in [3.05, 3.63) is 23.8 Å². The van der Waals surface area contributed by atoms with Gasteiger partial charge >= 0.3 is 0 Å². The van der Waals surface area contributed by atoms with Crippen molar-refractivity contribution in [1.29, 1.82) is 0 Å². The largest absolute Gasteiger partial charge is 0.251 e. The molecule has 0 aromatic carbocycles. The topological polar surface area (TPSA) is 0 Å². The molecular formula is C9H11Ti-. The van der Waals surface area contributed by atoms with Crippen molar-refractivity contribution in [3.8, 4) is 0 Å². The van der Waals surface area contributed by atoms with Gasteiger partial charge in [-0.25, -0.2) is 12.2 Å². The fraction of sp³-hybridized carbons (Fsp3) is 0.556. The summed E-state index contributed by atoms with van der Waals surface area (Å²) in [6, 6.07) is 0. The van der Waals surface area contributed by atoms with Gasteiger partial charge in [0.15, 0.2) is 0 Å². The van der Waals surface area contributed by atoms with Crippen LogP contribution in [0.4, 0.5) is 0 Å². The van der Waals surface area contributed by atoms with Crippen LogP contribution < -0.4 is 0 Å². The van der Waals surface area contributed by atoms with E-state index < -0.39 is 0 Å². The zero-order valence-electron chi connectivity index (χ0n) is 6.06. The van der Waals surface area contributed by atoms with E-state index in [1.165, 1.54) is 25.7 Å². The zero-order valence-corrected chi connectivity index (χ0v) is 7.62. The first kappa shape index (κ1) is 8.29. The molecule has 2 aliphatic carbocycles. The third kappa shape index (κ3) is 1.43. The molecule has 2 aliphatic rings. The molecule has 2 rings (SSSR count). The van der Waals surface area contributed by atoms with E-state index in [-0.39, 0.29) is 21.7 Å². The first-order chi connectivity index (χ1) is 4.47. The summed E-state index contributed by atoms with van der Waals surface area (Å²) in [5.41, 5.74) is 1.58. The van der Waals surface area contributed by atoms with Gasteiger partial charge in [0, 0.05) is 21.7 Å². The minimum absolute atomic E-state index is 0. The predicted molar refractivity (Wildman–Crippen MR) is 37.9 cm³/mol. The summed E-state index contributed by atoms with van der Waals surface area (Å²) < 4.78 is 0. The van der Waals surface area contributed by atoms with Crippen LogP contribution in [0.3, 0.4) is 0 Å². The minimum atomic E-state index is 0. The average Bonchev–Trinajstić information content (AvgIpc) is 2.33. The molecule has 0 aliphatic heterocycles. The van der Waals surface area contributed by atoms with Crippen molar-refractivity contribution in [2.75, 3.05) is 0 Å². The van der Waals surface area contributed by atoms with Gasteiger partial charge in [-0.3, -0.25) is 6.08 Å². The van der Waals surface area contributed by atoms with Gasteiger partial charge in [0.1, 0.15) is 0 Å². The molecular weight excluding hydrogens is 156 g/mol. The van der Waals surface area contributed by atoms with Gasteiger partial charge in [0.2, 0.25) is 0 Å². The van der Waals surface area contributed by atoms with E-state index in [4.69, 9.17) is 0 Å². The normalized spacial score (nSPS) is 28.8. The maximum absolute atomic E-state index is 3.32. The number of hydrogen-bond donors (Lipinski definition) is 0. The average molecular weight is 167 g/mol. The monoisotopic (exact) mass is 167 g/mol. The molecule has 0 amide bonds. The Morgan fingerprint density at radius 1 is 1.50 bits per heavy atom. The van der Waals surface area contributed by atoms with E-state index in [0.717, 1.165) is 5.92 Å². The predicted octanol–water partition coefficient (Wildman–Crippen LogP) is 2.47. The Kier molecular flexibility index (Phi) is 2.94. The molecule has 0 nitrogen and oxygen atoms in total. The fourth-order valence-electron chi connectivity index (χ4n) is 1.77. The van der Waals surface area contributed by atoms with Gasteiger partial charge in [0.05, 0.1) is 0 Å². The van der Waals surface area contributed by atoms with Crippen LogP contribution in [0.1, 0.15) is 25.7 Å². The quantitative estimate of drug-likeness (QED) is 0.384. The van der Waals surface area contributed by atoms with Crippen molar-refractivity contribution < 1.29 is 21.7 Å². The zero-order chi connectivity index (χ0) is 6.10. The summed E-state index contributed by atoms with van der Waals surface area (Å²) >= 11 is 0. The second-order valence-corrected chi connectivity index (χ2v) is 2.90. The van der Waals surface area contributed by atoms with Crippen molar-refractivity contribution in [2.45, 2.75) is 25.7 Å². The van der Waals surface area contributed by atoms with E-state index >= 15 is 0 Å². The van der Waals surface area contributed by atoms with Gasteiger partial charge in [0.25, 0.3) is 0 Å². The Bertz CT molecular complexity index is 168. The summed E-state index contributed by atoms with van der Waals surface area (Å²) in [7, 11) is 0. The maximum atomic E-state index is 3.32. The van der Waals surface area contributed by atoms with E-state index in [2.05, 4.69) is 18.2 Å². The first-order valence-electron chi connectivity index (χ1n) is 3.74. The fourth-order valence-corrected chi connectivity index (χ4v) is 1.77. The molecule has 0 aromatic heterocycles. The van der Waals surface area contributed by atoms with Crippen molar-refractivity contribution in [2.24, 2.45) is 5.92 Å². The van der Waals surface area contributed by atoms with Crippen LogP contribution in [0.15, 0.2) is 17.7 Å². The smallest absolute Gasteiger partial charge is 0 e. The van der Waals surface area contributed by atoms with Crippen LogP contribution in [0.2, 0.25) is 0 Å². The van der Waals surface area contributed by atoms with Crippen LogP contribution in [-0.2, 0) is 21.7 Å². The first-order valence-corrected chi connectivity index (χ1v) is 3.74. The van der Waals surface area contributed by atoms with Crippen molar-refractivity contribution in [1.82, 2.24) is 0 Å². The second-order valence-electron chi connectivity index (χ2n) is 2.90. The summed E-state index contributed by atoms with van der Waals surface area (Å²) in [4.78, 5) is 0. The van der Waals surface area contributed by atoms with Gasteiger partial charge in [-0.15, -0.1) is 0 Å². The molecule has 10 heavy (non-hydrogen) atoms. The Balaban J connectivity index is 0.000000500. The molecule has 52 valence electrons. The summed E-state index contributed by atoms with van der Waals surface area (Å²) in [5.74, 6) is 0.884. The molecule has 0 heterocycles. The number of hydrogen-bond acceptors (Lipinski definition) is 0. The second kappa shape index (κ2) is 3.55. The van der Waals surface area contributed by atoms with Crippen LogP contribution >= 0.6 is 0 Å². The molecule has 1 atom stereocenters. The van der Waals surface area contributed by atoms with Crippen LogP contribution in [0.5, 0.6) is 0 Å². The van der Waals surface area contributed by atoms with E-state index in [1.54, 1.807) is 5.57 Å². The maximum Gasteiger partial charge on any atom is 0 e. The Labute approximate surface area is 77.3 Å². The third-order valence-electron chi connectivity index (χ3n) is 2.30. The summed E-state index contributed by atoms with van der Waals surface area (Å²) in [5, 5.41) is 0. The van der Waals surface area contributed by atoms with Gasteiger partial charge < -0.3 is 0 Å². The van der Waals surface area contributed by atoms with E-state index in [1.807, 2.05) is 0 Å². The minimum Gasteiger partial charge on any atom is -0.251 e. The summed E-state index contributed by atoms with van der Waals surface area (Å²) in [6.45, 7) is 0. The number of rotatable bonds is 0. The molecule has 0 saturated heterocycles.